The lowest BCUT2D eigenvalue weighted by Crippen LogP contribution is -2.40. The first-order valence-corrected chi connectivity index (χ1v) is 12.8. The number of imide groups is 1. The first kappa shape index (κ1) is 24.4. The molecule has 1 atom stereocenters. The van der Waals surface area contributed by atoms with E-state index in [0.29, 0.717) is 24.5 Å². The van der Waals surface area contributed by atoms with E-state index in [4.69, 9.17) is 9.47 Å². The molecule has 10 nitrogen and oxygen atoms in total. The molecule has 0 aromatic heterocycles. The van der Waals surface area contributed by atoms with E-state index >= 15 is 0 Å². The molecule has 0 saturated carbocycles. The smallest absolute Gasteiger partial charge is 0.338 e. The molecule has 2 aromatic rings. The molecule has 0 bridgehead atoms. The highest BCUT2D eigenvalue weighted by molar-refractivity contribution is 7.91. The van der Waals surface area contributed by atoms with Crippen LogP contribution in [-0.2, 0) is 19.4 Å². The number of ether oxygens (including phenoxy) is 2. The van der Waals surface area contributed by atoms with Gasteiger partial charge in [-0.2, -0.15) is 0 Å². The first-order chi connectivity index (χ1) is 16.6. The zero-order chi connectivity index (χ0) is 25.3. The fraction of sp³-hybridized carbons (Fsp3) is 0.333. The second kappa shape index (κ2) is 9.49. The fourth-order valence-electron chi connectivity index (χ4n) is 4.06. The minimum atomic E-state index is -3.16. The molecule has 2 aliphatic heterocycles. The number of likely N-dealkylation sites (N-methyl/N-ethyl adjacent to an activating group) is 1. The van der Waals surface area contributed by atoms with Crippen molar-refractivity contribution >= 4 is 39.2 Å². The second-order valence-corrected chi connectivity index (χ2v) is 10.5. The van der Waals surface area contributed by atoms with Gasteiger partial charge in [0.2, 0.25) is 0 Å². The number of amides is 3. The predicted octanol–water partition coefficient (Wildman–Crippen LogP) is 1.69. The summed E-state index contributed by atoms with van der Waals surface area (Å²) in [4.78, 5) is 53.0. The van der Waals surface area contributed by atoms with Crippen molar-refractivity contribution in [1.29, 1.82) is 0 Å². The Labute approximate surface area is 202 Å². The molecule has 2 aliphatic rings. The third-order valence-corrected chi connectivity index (χ3v) is 7.75. The maximum absolute atomic E-state index is 13.0. The van der Waals surface area contributed by atoms with E-state index in [9.17, 15) is 27.6 Å². The summed E-state index contributed by atoms with van der Waals surface area (Å²) in [5.74, 6) is -1.96. The van der Waals surface area contributed by atoms with Gasteiger partial charge in [0.15, 0.2) is 16.4 Å². The number of sulfone groups is 1. The van der Waals surface area contributed by atoms with E-state index in [0.717, 1.165) is 4.90 Å². The van der Waals surface area contributed by atoms with Crippen LogP contribution in [0.5, 0.6) is 5.75 Å². The summed E-state index contributed by atoms with van der Waals surface area (Å²) in [6, 6.07) is 10.0. The number of hydrogen-bond donors (Lipinski definition) is 0. The molecule has 1 saturated heterocycles. The van der Waals surface area contributed by atoms with Gasteiger partial charge < -0.3 is 14.4 Å². The monoisotopic (exact) mass is 500 g/mol. The topological polar surface area (TPSA) is 127 Å². The van der Waals surface area contributed by atoms with Crippen molar-refractivity contribution < 1.29 is 37.1 Å². The molecule has 0 radical (unpaired) electrons. The summed E-state index contributed by atoms with van der Waals surface area (Å²) < 4.78 is 33.7. The molecule has 1 fully saturated rings. The zero-order valence-corrected chi connectivity index (χ0v) is 20.0. The molecule has 2 heterocycles. The summed E-state index contributed by atoms with van der Waals surface area (Å²) in [5, 5.41) is 0. The molecule has 4 rings (SSSR count). The van der Waals surface area contributed by atoms with Gasteiger partial charge in [-0.05, 0) is 55.8 Å². The van der Waals surface area contributed by atoms with Gasteiger partial charge >= 0.3 is 5.97 Å². The summed E-state index contributed by atoms with van der Waals surface area (Å²) in [6.07, 6.45) is 0.338. The Morgan fingerprint density at radius 3 is 2.37 bits per heavy atom. The fourth-order valence-corrected chi connectivity index (χ4v) is 5.83. The highest BCUT2D eigenvalue weighted by Gasteiger charge is 2.37. The van der Waals surface area contributed by atoms with Crippen molar-refractivity contribution in [3.05, 3.63) is 59.2 Å². The van der Waals surface area contributed by atoms with E-state index < -0.39 is 46.2 Å². The van der Waals surface area contributed by atoms with Crippen LogP contribution in [0.2, 0.25) is 0 Å². The van der Waals surface area contributed by atoms with Gasteiger partial charge in [0.1, 0.15) is 5.75 Å². The summed E-state index contributed by atoms with van der Waals surface area (Å²) >= 11 is 0. The average molecular weight is 501 g/mol. The van der Waals surface area contributed by atoms with Crippen LogP contribution in [0.1, 0.15) is 44.4 Å². The number of hydrogen-bond acceptors (Lipinski definition) is 8. The Morgan fingerprint density at radius 2 is 1.74 bits per heavy atom. The SMILES string of the molecule is CCOc1ccc(N2C(=O)c3ccc(C(=O)OCC(=O)N(C)[C@H]4CCS(=O)(=O)C4)cc3C2=O)cc1. The molecule has 0 aliphatic carbocycles. The maximum Gasteiger partial charge on any atom is 0.338 e. The van der Waals surface area contributed by atoms with Crippen LogP contribution in [-0.4, -0.2) is 74.8 Å². The Bertz CT molecular complexity index is 1300. The first-order valence-electron chi connectivity index (χ1n) is 11.0. The molecule has 0 unspecified atom stereocenters. The van der Waals surface area contributed by atoms with E-state index in [1.807, 2.05) is 6.92 Å². The van der Waals surface area contributed by atoms with E-state index in [2.05, 4.69) is 0 Å². The van der Waals surface area contributed by atoms with Gasteiger partial charge in [-0.25, -0.2) is 18.1 Å². The third kappa shape index (κ3) is 4.90. The Balaban J connectivity index is 1.43. The minimum Gasteiger partial charge on any atom is -0.494 e. The number of fused-ring (bicyclic) bond motifs is 1. The maximum atomic E-state index is 13.0. The second-order valence-electron chi connectivity index (χ2n) is 8.27. The number of benzene rings is 2. The Morgan fingerprint density at radius 1 is 1.06 bits per heavy atom. The van der Waals surface area contributed by atoms with Crippen LogP contribution in [0.4, 0.5) is 5.69 Å². The van der Waals surface area contributed by atoms with Crippen molar-refractivity contribution in [2.45, 2.75) is 19.4 Å². The van der Waals surface area contributed by atoms with Crippen LogP contribution in [0.15, 0.2) is 42.5 Å². The van der Waals surface area contributed by atoms with Crippen molar-refractivity contribution in [3.8, 4) is 5.75 Å². The number of anilines is 1. The standard InChI is InChI=1S/C24H24N2O8S/c1-3-33-18-7-5-16(6-8-18)26-22(28)19-9-4-15(12-20(19)23(26)29)24(30)34-13-21(27)25(2)17-10-11-35(31,32)14-17/h4-9,12,17H,3,10-11,13-14H2,1-2H3/t17-/m0/s1. The molecule has 11 heteroatoms. The summed E-state index contributed by atoms with van der Waals surface area (Å²) in [5.41, 5.74) is 0.584. The lowest BCUT2D eigenvalue weighted by Gasteiger charge is -2.23. The van der Waals surface area contributed by atoms with E-state index in [1.54, 1.807) is 24.3 Å². The van der Waals surface area contributed by atoms with Crippen molar-refractivity contribution in [2.75, 3.05) is 36.7 Å². The molecule has 3 amide bonds. The highest BCUT2D eigenvalue weighted by atomic mass is 32.2. The van der Waals surface area contributed by atoms with Crippen LogP contribution < -0.4 is 9.64 Å². The van der Waals surface area contributed by atoms with Gasteiger partial charge in [0.05, 0.1) is 40.5 Å². The van der Waals surface area contributed by atoms with Gasteiger partial charge in [-0.3, -0.25) is 14.4 Å². The molecule has 0 spiro atoms. The highest BCUT2D eigenvalue weighted by Crippen LogP contribution is 2.30. The van der Waals surface area contributed by atoms with E-state index in [1.165, 1.54) is 30.1 Å². The molecular weight excluding hydrogens is 476 g/mol. The van der Waals surface area contributed by atoms with Crippen LogP contribution in [0, 0.1) is 0 Å². The lowest BCUT2D eigenvalue weighted by atomic mass is 10.1. The Kier molecular flexibility index (Phi) is 6.62. The average Bonchev–Trinajstić information content (AvgIpc) is 3.33. The third-order valence-electron chi connectivity index (χ3n) is 6.00. The predicted molar refractivity (Wildman–Crippen MR) is 125 cm³/mol. The molecule has 35 heavy (non-hydrogen) atoms. The summed E-state index contributed by atoms with van der Waals surface area (Å²) in [7, 11) is -1.70. The number of rotatable bonds is 7. The van der Waals surface area contributed by atoms with Gasteiger partial charge in [-0.15, -0.1) is 0 Å². The van der Waals surface area contributed by atoms with Crippen molar-refractivity contribution in [2.24, 2.45) is 0 Å². The van der Waals surface area contributed by atoms with Crippen LogP contribution in [0.3, 0.4) is 0 Å². The zero-order valence-electron chi connectivity index (χ0n) is 19.2. The number of carbonyl (C=O) groups is 4. The molecule has 184 valence electrons. The van der Waals surface area contributed by atoms with Crippen molar-refractivity contribution in [1.82, 2.24) is 4.90 Å². The lowest BCUT2D eigenvalue weighted by molar-refractivity contribution is -0.134. The van der Waals surface area contributed by atoms with Crippen LogP contribution in [0.25, 0.3) is 0 Å². The number of carbonyl (C=O) groups excluding carboxylic acids is 4. The van der Waals surface area contributed by atoms with Gasteiger partial charge in [0.25, 0.3) is 17.7 Å². The van der Waals surface area contributed by atoms with E-state index in [-0.39, 0.29) is 28.2 Å². The summed E-state index contributed by atoms with van der Waals surface area (Å²) in [6.45, 7) is 1.75. The molecule has 2 aromatic carbocycles. The molecule has 0 N–H and O–H groups in total. The van der Waals surface area contributed by atoms with Crippen LogP contribution >= 0.6 is 0 Å². The normalized spacial score (nSPS) is 18.3. The Hall–Kier alpha value is -3.73. The number of esters is 1. The minimum absolute atomic E-state index is 0.0114. The number of nitrogens with zero attached hydrogens (tertiary/aromatic N) is 2. The largest absolute Gasteiger partial charge is 0.494 e. The van der Waals surface area contributed by atoms with Gasteiger partial charge in [0, 0.05) is 13.1 Å². The van der Waals surface area contributed by atoms with Gasteiger partial charge in [-0.1, -0.05) is 0 Å². The quantitative estimate of drug-likeness (QED) is 0.415. The van der Waals surface area contributed by atoms with Crippen molar-refractivity contribution in [3.63, 3.8) is 0 Å². The molecular formula is C24H24N2O8S.